The van der Waals surface area contributed by atoms with Gasteiger partial charge in [0.25, 0.3) is 0 Å². The zero-order valence-corrected chi connectivity index (χ0v) is 15.0. The van der Waals surface area contributed by atoms with E-state index in [9.17, 15) is 5.11 Å². The summed E-state index contributed by atoms with van der Waals surface area (Å²) in [4.78, 5) is 4.62. The van der Waals surface area contributed by atoms with E-state index < -0.39 is 6.10 Å². The van der Waals surface area contributed by atoms with Crippen LogP contribution >= 0.6 is 0 Å². The number of para-hydroxylation sites is 2. The molecule has 1 heterocycles. The van der Waals surface area contributed by atoms with Crippen LogP contribution in [0.15, 0.2) is 48.5 Å². The fourth-order valence-electron chi connectivity index (χ4n) is 3.03. The Morgan fingerprint density at radius 2 is 1.96 bits per heavy atom. The van der Waals surface area contributed by atoms with E-state index in [4.69, 9.17) is 4.74 Å². The summed E-state index contributed by atoms with van der Waals surface area (Å²) < 4.78 is 7.97. The lowest BCUT2D eigenvalue weighted by Gasteiger charge is -2.13. The number of hydrogen-bond donors (Lipinski definition) is 1. The highest BCUT2D eigenvalue weighted by molar-refractivity contribution is 5.76. The van der Waals surface area contributed by atoms with Crippen molar-refractivity contribution in [2.45, 2.75) is 45.8 Å². The van der Waals surface area contributed by atoms with E-state index in [-0.39, 0.29) is 0 Å². The predicted molar refractivity (Wildman–Crippen MR) is 101 cm³/mol. The molecule has 132 valence electrons. The molecule has 0 aliphatic heterocycles. The summed E-state index contributed by atoms with van der Waals surface area (Å²) in [6.07, 6.45) is 2.09. The lowest BCUT2D eigenvalue weighted by molar-refractivity contribution is 0.159. The lowest BCUT2D eigenvalue weighted by atomic mass is 10.2. The number of aliphatic hydroxyl groups is 1. The molecule has 0 radical (unpaired) electrons. The van der Waals surface area contributed by atoms with Gasteiger partial charge in [0.2, 0.25) is 0 Å². The fraction of sp³-hybridized carbons (Fsp3) is 0.381. The molecule has 0 amide bonds. The first kappa shape index (κ1) is 17.5. The smallest absolute Gasteiger partial charge is 0.138 e. The van der Waals surface area contributed by atoms with Crippen molar-refractivity contribution in [3.63, 3.8) is 0 Å². The van der Waals surface area contributed by atoms with E-state index in [1.807, 2.05) is 37.3 Å². The Labute approximate surface area is 149 Å². The summed E-state index contributed by atoms with van der Waals surface area (Å²) in [5.41, 5.74) is 3.24. The molecule has 4 nitrogen and oxygen atoms in total. The molecular weight excluding hydrogens is 312 g/mol. The Kier molecular flexibility index (Phi) is 5.71. The molecule has 0 spiro atoms. The zero-order valence-electron chi connectivity index (χ0n) is 15.0. The summed E-state index contributed by atoms with van der Waals surface area (Å²) in [5, 5.41) is 10.3. The quantitative estimate of drug-likeness (QED) is 0.608. The van der Waals surface area contributed by atoms with Gasteiger partial charge in [-0.15, -0.1) is 0 Å². The summed E-state index contributed by atoms with van der Waals surface area (Å²) in [6.45, 7) is 5.58. The van der Waals surface area contributed by atoms with Crippen molar-refractivity contribution in [3.05, 3.63) is 59.9 Å². The van der Waals surface area contributed by atoms with Crippen LogP contribution in [0.25, 0.3) is 11.0 Å². The zero-order chi connectivity index (χ0) is 17.6. The van der Waals surface area contributed by atoms with Crippen molar-refractivity contribution < 1.29 is 9.84 Å². The minimum atomic E-state index is -0.518. The van der Waals surface area contributed by atoms with Gasteiger partial charge in [-0.3, -0.25) is 0 Å². The van der Waals surface area contributed by atoms with Gasteiger partial charge in [-0.2, -0.15) is 0 Å². The average molecular weight is 338 g/mol. The molecule has 3 aromatic rings. The molecule has 2 aromatic carbocycles. The maximum atomic E-state index is 10.3. The van der Waals surface area contributed by atoms with Gasteiger partial charge in [0, 0.05) is 6.54 Å². The first-order chi connectivity index (χ1) is 12.2. The molecule has 0 fully saturated rings. The molecule has 25 heavy (non-hydrogen) atoms. The molecule has 0 saturated carbocycles. The molecule has 0 unspecified atom stereocenters. The molecule has 1 aromatic heterocycles. The van der Waals surface area contributed by atoms with E-state index in [1.54, 1.807) is 0 Å². The van der Waals surface area contributed by atoms with Crippen molar-refractivity contribution in [3.8, 4) is 5.75 Å². The Morgan fingerprint density at radius 1 is 1.12 bits per heavy atom. The number of ether oxygens (including phenoxy) is 1. The normalized spacial score (nSPS) is 12.4. The minimum absolute atomic E-state index is 0.518. The van der Waals surface area contributed by atoms with Gasteiger partial charge < -0.3 is 14.4 Å². The van der Waals surface area contributed by atoms with E-state index in [0.29, 0.717) is 13.0 Å². The number of benzene rings is 2. The Balaban J connectivity index is 1.61. The van der Waals surface area contributed by atoms with E-state index in [2.05, 4.69) is 34.7 Å². The van der Waals surface area contributed by atoms with Gasteiger partial charge in [0.05, 0.1) is 17.6 Å². The number of fused-ring (bicyclic) bond motifs is 1. The first-order valence-electron chi connectivity index (χ1n) is 9.01. The number of imidazole rings is 1. The van der Waals surface area contributed by atoms with Gasteiger partial charge in [-0.25, -0.2) is 4.98 Å². The maximum absolute atomic E-state index is 10.3. The van der Waals surface area contributed by atoms with Crippen molar-refractivity contribution in [1.82, 2.24) is 9.55 Å². The molecule has 0 saturated heterocycles. The van der Waals surface area contributed by atoms with Gasteiger partial charge in [-0.1, -0.05) is 31.2 Å². The van der Waals surface area contributed by atoms with Crippen LogP contribution in [-0.4, -0.2) is 21.3 Å². The molecular formula is C21H26N2O2. The Bertz CT molecular complexity index is 826. The van der Waals surface area contributed by atoms with Crippen LogP contribution in [0, 0.1) is 6.92 Å². The van der Waals surface area contributed by atoms with Gasteiger partial charge in [-0.05, 0) is 56.0 Å². The van der Waals surface area contributed by atoms with Gasteiger partial charge in [0.15, 0.2) is 0 Å². The summed E-state index contributed by atoms with van der Waals surface area (Å²) in [5.74, 6) is 1.69. The molecule has 0 bridgehead atoms. The SMILES string of the molecule is CC[C@H](O)c1nc2ccccc2n1CCCCOc1cccc(C)c1. The molecule has 0 aliphatic rings. The Morgan fingerprint density at radius 3 is 2.76 bits per heavy atom. The summed E-state index contributed by atoms with van der Waals surface area (Å²) >= 11 is 0. The van der Waals surface area contributed by atoms with Gasteiger partial charge in [0.1, 0.15) is 17.7 Å². The van der Waals surface area contributed by atoms with Crippen molar-refractivity contribution in [1.29, 1.82) is 0 Å². The summed E-state index contributed by atoms with van der Waals surface area (Å²) in [7, 11) is 0. The maximum Gasteiger partial charge on any atom is 0.138 e. The number of rotatable bonds is 8. The molecule has 4 heteroatoms. The highest BCUT2D eigenvalue weighted by Gasteiger charge is 2.16. The molecule has 1 N–H and O–H groups in total. The second kappa shape index (κ2) is 8.17. The topological polar surface area (TPSA) is 47.3 Å². The monoisotopic (exact) mass is 338 g/mol. The molecule has 0 aliphatic carbocycles. The van der Waals surface area contributed by atoms with Crippen molar-refractivity contribution in [2.75, 3.05) is 6.61 Å². The number of unbranched alkanes of at least 4 members (excludes halogenated alkanes) is 1. The number of aliphatic hydroxyl groups excluding tert-OH is 1. The van der Waals surface area contributed by atoms with Crippen LogP contribution < -0.4 is 4.74 Å². The average Bonchev–Trinajstić information content (AvgIpc) is 2.99. The van der Waals surface area contributed by atoms with Crippen LogP contribution in [0.4, 0.5) is 0 Å². The van der Waals surface area contributed by atoms with E-state index in [0.717, 1.165) is 42.0 Å². The predicted octanol–water partition coefficient (Wildman–Crippen LogP) is 4.65. The highest BCUT2D eigenvalue weighted by atomic mass is 16.5. The minimum Gasteiger partial charge on any atom is -0.494 e. The fourth-order valence-corrected chi connectivity index (χ4v) is 3.03. The second-order valence-corrected chi connectivity index (χ2v) is 6.41. The van der Waals surface area contributed by atoms with Crippen LogP contribution in [0.2, 0.25) is 0 Å². The third-order valence-electron chi connectivity index (χ3n) is 4.40. The Hall–Kier alpha value is -2.33. The van der Waals surface area contributed by atoms with E-state index >= 15 is 0 Å². The van der Waals surface area contributed by atoms with Crippen LogP contribution in [0.1, 0.15) is 43.7 Å². The lowest BCUT2D eigenvalue weighted by Crippen LogP contribution is -2.09. The summed E-state index contributed by atoms with van der Waals surface area (Å²) in [6, 6.07) is 16.2. The second-order valence-electron chi connectivity index (χ2n) is 6.41. The third kappa shape index (κ3) is 4.20. The first-order valence-corrected chi connectivity index (χ1v) is 9.01. The number of aromatic nitrogens is 2. The van der Waals surface area contributed by atoms with Crippen molar-refractivity contribution >= 4 is 11.0 Å². The van der Waals surface area contributed by atoms with E-state index in [1.165, 1.54) is 5.56 Å². The van der Waals surface area contributed by atoms with Crippen LogP contribution in [-0.2, 0) is 6.54 Å². The van der Waals surface area contributed by atoms with Crippen LogP contribution in [0.5, 0.6) is 5.75 Å². The highest BCUT2D eigenvalue weighted by Crippen LogP contribution is 2.23. The number of nitrogens with zero attached hydrogens (tertiary/aromatic N) is 2. The van der Waals surface area contributed by atoms with Gasteiger partial charge >= 0.3 is 0 Å². The molecule has 3 rings (SSSR count). The largest absolute Gasteiger partial charge is 0.494 e. The number of hydrogen-bond acceptors (Lipinski definition) is 3. The molecule has 1 atom stereocenters. The third-order valence-corrected chi connectivity index (χ3v) is 4.40. The van der Waals surface area contributed by atoms with Crippen molar-refractivity contribution in [2.24, 2.45) is 0 Å². The standard InChI is InChI=1S/C21H26N2O2/c1-3-20(24)21-22-18-11-4-5-12-19(18)23(21)13-6-7-14-25-17-10-8-9-16(2)15-17/h4-5,8-12,15,20,24H,3,6-7,13-14H2,1-2H3/t20-/m0/s1. The van der Waals surface area contributed by atoms with Crippen LogP contribution in [0.3, 0.4) is 0 Å². The number of aryl methyl sites for hydroxylation is 2.